The molecule has 2 rings (SSSR count). The average Bonchev–Trinajstić information content (AvgIpc) is 2.78. The highest BCUT2D eigenvalue weighted by atomic mass is 35.5. The van der Waals surface area contributed by atoms with Crippen LogP contribution in [0.1, 0.15) is 32.2 Å². The monoisotopic (exact) mass is 296 g/mol. The van der Waals surface area contributed by atoms with Crippen LogP contribution in [0.4, 0.5) is 4.39 Å². The first-order valence-corrected chi connectivity index (χ1v) is 6.78. The van der Waals surface area contributed by atoms with Gasteiger partial charge in [-0.25, -0.2) is 14.1 Å². The van der Waals surface area contributed by atoms with Gasteiger partial charge in [0.1, 0.15) is 12.1 Å². The summed E-state index contributed by atoms with van der Waals surface area (Å²) >= 11 is 5.65. The quantitative estimate of drug-likeness (QED) is 0.943. The first kappa shape index (κ1) is 14.9. The van der Waals surface area contributed by atoms with Gasteiger partial charge in [-0.15, -0.1) is 0 Å². The molecular formula is C14H18ClFN4. The molecule has 0 saturated heterocycles. The van der Waals surface area contributed by atoms with E-state index in [0.29, 0.717) is 13.1 Å². The van der Waals surface area contributed by atoms with Crippen LogP contribution in [-0.2, 0) is 13.1 Å². The largest absolute Gasteiger partial charge is 0.305 e. The van der Waals surface area contributed by atoms with E-state index < -0.39 is 5.82 Å². The maximum Gasteiger partial charge on any atom is 0.164 e. The number of rotatable bonds is 4. The highest BCUT2D eigenvalue weighted by Crippen LogP contribution is 2.16. The molecule has 1 N–H and O–H groups in total. The molecule has 1 heterocycles. The summed E-state index contributed by atoms with van der Waals surface area (Å²) in [5.41, 5.74) is 0.817. The fraction of sp³-hybridized carbons (Fsp3) is 0.429. The lowest BCUT2D eigenvalue weighted by Crippen LogP contribution is -2.35. The van der Waals surface area contributed by atoms with Crippen molar-refractivity contribution in [2.45, 2.75) is 39.4 Å². The second-order valence-corrected chi connectivity index (χ2v) is 6.12. The Morgan fingerprint density at radius 2 is 2.10 bits per heavy atom. The van der Waals surface area contributed by atoms with Crippen LogP contribution in [0.5, 0.6) is 0 Å². The Labute approximate surface area is 123 Å². The maximum absolute atomic E-state index is 13.4. The summed E-state index contributed by atoms with van der Waals surface area (Å²) in [6.07, 6.45) is 1.65. The molecule has 0 bridgehead atoms. The third kappa shape index (κ3) is 4.28. The second kappa shape index (κ2) is 5.89. The van der Waals surface area contributed by atoms with E-state index >= 15 is 0 Å². The van der Waals surface area contributed by atoms with Crippen molar-refractivity contribution in [1.29, 1.82) is 0 Å². The molecule has 1 aromatic heterocycles. The van der Waals surface area contributed by atoms with Crippen LogP contribution in [0.15, 0.2) is 24.5 Å². The lowest BCUT2D eigenvalue weighted by atomic mass is 10.1. The van der Waals surface area contributed by atoms with Gasteiger partial charge in [-0.3, -0.25) is 0 Å². The average molecular weight is 297 g/mol. The Hall–Kier alpha value is -1.46. The summed E-state index contributed by atoms with van der Waals surface area (Å²) in [5, 5.41) is 7.79. The van der Waals surface area contributed by atoms with Gasteiger partial charge >= 0.3 is 0 Å². The van der Waals surface area contributed by atoms with Crippen molar-refractivity contribution in [1.82, 2.24) is 20.1 Å². The molecule has 1 aromatic carbocycles. The van der Waals surface area contributed by atoms with Gasteiger partial charge in [0.15, 0.2) is 5.82 Å². The van der Waals surface area contributed by atoms with E-state index in [1.165, 1.54) is 6.07 Å². The topological polar surface area (TPSA) is 42.7 Å². The first-order valence-electron chi connectivity index (χ1n) is 6.41. The second-order valence-electron chi connectivity index (χ2n) is 5.71. The lowest BCUT2D eigenvalue weighted by Gasteiger charge is -2.19. The Kier molecular flexibility index (Phi) is 4.40. The number of hydrogen-bond donors (Lipinski definition) is 1. The van der Waals surface area contributed by atoms with Crippen LogP contribution in [0.2, 0.25) is 5.02 Å². The molecule has 0 fully saturated rings. The summed E-state index contributed by atoms with van der Waals surface area (Å²) in [5.74, 6) is 0.299. The van der Waals surface area contributed by atoms with Gasteiger partial charge in [-0.05, 0) is 38.5 Å². The van der Waals surface area contributed by atoms with Crippen molar-refractivity contribution in [3.8, 4) is 0 Å². The predicted molar refractivity (Wildman–Crippen MR) is 77.1 cm³/mol. The highest BCUT2D eigenvalue weighted by Gasteiger charge is 2.10. The van der Waals surface area contributed by atoms with E-state index in [1.807, 2.05) is 0 Å². The van der Waals surface area contributed by atoms with Crippen molar-refractivity contribution in [3.05, 3.63) is 46.8 Å². The third-order valence-corrected chi connectivity index (χ3v) is 3.00. The number of aromatic nitrogens is 3. The lowest BCUT2D eigenvalue weighted by molar-refractivity contribution is 0.417. The zero-order valence-electron chi connectivity index (χ0n) is 11.8. The van der Waals surface area contributed by atoms with Crippen molar-refractivity contribution < 1.29 is 4.39 Å². The molecular weight excluding hydrogens is 279 g/mol. The van der Waals surface area contributed by atoms with Crippen LogP contribution in [0.3, 0.4) is 0 Å². The molecule has 0 aliphatic carbocycles. The number of nitrogens with one attached hydrogen (secondary N) is 1. The van der Waals surface area contributed by atoms with Crippen molar-refractivity contribution >= 4 is 11.6 Å². The molecule has 0 saturated carbocycles. The van der Waals surface area contributed by atoms with Gasteiger partial charge in [-0.1, -0.05) is 17.7 Å². The Morgan fingerprint density at radius 1 is 1.35 bits per heavy atom. The van der Waals surface area contributed by atoms with Gasteiger partial charge < -0.3 is 5.32 Å². The fourth-order valence-corrected chi connectivity index (χ4v) is 1.78. The highest BCUT2D eigenvalue weighted by molar-refractivity contribution is 6.30. The van der Waals surface area contributed by atoms with Crippen molar-refractivity contribution in [3.63, 3.8) is 0 Å². The molecule has 0 radical (unpaired) electrons. The number of benzene rings is 1. The summed E-state index contributed by atoms with van der Waals surface area (Å²) in [6, 6.07) is 4.74. The molecule has 20 heavy (non-hydrogen) atoms. The molecule has 0 aliphatic rings. The number of halogens is 2. The van der Waals surface area contributed by atoms with Crippen LogP contribution in [-0.4, -0.2) is 20.3 Å². The van der Waals surface area contributed by atoms with E-state index in [4.69, 9.17) is 11.6 Å². The normalized spacial score (nSPS) is 11.8. The Bertz CT molecular complexity index is 589. The van der Waals surface area contributed by atoms with Gasteiger partial charge in [0.2, 0.25) is 0 Å². The van der Waals surface area contributed by atoms with E-state index in [2.05, 4.69) is 36.2 Å². The van der Waals surface area contributed by atoms with Gasteiger partial charge in [-0.2, -0.15) is 5.10 Å². The van der Waals surface area contributed by atoms with Gasteiger partial charge in [0.25, 0.3) is 0 Å². The zero-order chi connectivity index (χ0) is 14.8. The van der Waals surface area contributed by atoms with Crippen molar-refractivity contribution in [2.75, 3.05) is 0 Å². The third-order valence-electron chi connectivity index (χ3n) is 2.69. The molecule has 0 atom stereocenters. The molecule has 0 amide bonds. The van der Waals surface area contributed by atoms with E-state index in [0.717, 1.165) is 11.4 Å². The van der Waals surface area contributed by atoms with Crippen molar-refractivity contribution in [2.24, 2.45) is 0 Å². The predicted octanol–water partition coefficient (Wildman–Crippen LogP) is 3.01. The van der Waals surface area contributed by atoms with E-state index in [1.54, 1.807) is 23.1 Å². The van der Waals surface area contributed by atoms with Gasteiger partial charge in [0, 0.05) is 5.54 Å². The van der Waals surface area contributed by atoms with Crippen LogP contribution in [0.25, 0.3) is 0 Å². The summed E-state index contributed by atoms with van der Waals surface area (Å²) < 4.78 is 15.0. The Morgan fingerprint density at radius 3 is 2.75 bits per heavy atom. The van der Waals surface area contributed by atoms with Gasteiger partial charge in [0.05, 0.1) is 18.1 Å². The molecule has 0 unspecified atom stereocenters. The number of hydrogen-bond acceptors (Lipinski definition) is 3. The first-order chi connectivity index (χ1) is 9.33. The van der Waals surface area contributed by atoms with E-state index in [-0.39, 0.29) is 10.6 Å². The number of nitrogens with zero attached hydrogens (tertiary/aromatic N) is 3. The molecule has 0 spiro atoms. The smallest absolute Gasteiger partial charge is 0.164 e. The minimum Gasteiger partial charge on any atom is -0.305 e. The molecule has 4 nitrogen and oxygen atoms in total. The molecule has 108 valence electrons. The molecule has 6 heteroatoms. The Balaban J connectivity index is 2.00. The minimum atomic E-state index is -0.418. The standard InChI is InChI=1S/C14H18ClFN4/c1-14(2,3)18-7-13-17-9-20(19-13)8-10-4-5-11(15)12(16)6-10/h4-6,9,18H,7-8H2,1-3H3. The SMILES string of the molecule is CC(C)(C)NCc1ncn(Cc2ccc(Cl)c(F)c2)n1. The summed E-state index contributed by atoms with van der Waals surface area (Å²) in [7, 11) is 0. The maximum atomic E-state index is 13.4. The molecule has 2 aromatic rings. The summed E-state index contributed by atoms with van der Waals surface area (Å²) in [6.45, 7) is 7.32. The molecule has 0 aliphatic heterocycles. The van der Waals surface area contributed by atoms with Crippen LogP contribution >= 0.6 is 11.6 Å². The minimum absolute atomic E-state index is 0.0186. The van der Waals surface area contributed by atoms with E-state index in [9.17, 15) is 4.39 Å². The van der Waals surface area contributed by atoms with Crippen LogP contribution < -0.4 is 5.32 Å². The summed E-state index contributed by atoms with van der Waals surface area (Å²) in [4.78, 5) is 4.22. The fourth-order valence-electron chi connectivity index (χ4n) is 1.66. The zero-order valence-corrected chi connectivity index (χ0v) is 12.6. The van der Waals surface area contributed by atoms with Crippen LogP contribution in [0, 0.1) is 5.82 Å².